The Morgan fingerprint density at radius 3 is 2.41 bits per heavy atom. The number of aryl methyl sites for hydroxylation is 1. The van der Waals surface area contributed by atoms with E-state index in [1.54, 1.807) is 0 Å². The smallest absolute Gasteiger partial charge is 0.374 e. The van der Waals surface area contributed by atoms with Crippen LogP contribution in [0.3, 0.4) is 0 Å². The van der Waals surface area contributed by atoms with E-state index in [2.05, 4.69) is 37.3 Å². The van der Waals surface area contributed by atoms with E-state index in [0.29, 0.717) is 24.1 Å². The molecule has 41 heavy (non-hydrogen) atoms. The Bertz CT molecular complexity index is 1920. The summed E-state index contributed by atoms with van der Waals surface area (Å²) in [6.45, 7) is 2.43. The van der Waals surface area contributed by atoms with Crippen molar-refractivity contribution >= 4 is 43.8 Å². The maximum absolute atomic E-state index is 11.5. The van der Waals surface area contributed by atoms with Crippen molar-refractivity contribution < 1.29 is 26.7 Å². The highest BCUT2D eigenvalue weighted by atomic mass is 32.2. The fourth-order valence-electron chi connectivity index (χ4n) is 5.19. The zero-order valence-corrected chi connectivity index (χ0v) is 23.8. The predicted molar refractivity (Wildman–Crippen MR) is 162 cm³/mol. The molecule has 208 valence electrons. The van der Waals surface area contributed by atoms with Gasteiger partial charge in [0, 0.05) is 18.7 Å². The highest BCUT2D eigenvalue weighted by molar-refractivity contribution is 7.85. The second kappa shape index (κ2) is 10.9. The minimum atomic E-state index is -4.08. The molecule has 0 saturated heterocycles. The molecule has 0 fully saturated rings. The molecule has 0 atom stereocenters. The molecule has 4 aromatic carbocycles. The van der Waals surface area contributed by atoms with Crippen LogP contribution in [-0.4, -0.2) is 25.3 Å². The van der Waals surface area contributed by atoms with Crippen molar-refractivity contribution in [2.75, 3.05) is 17.2 Å². The van der Waals surface area contributed by atoms with Gasteiger partial charge >= 0.3 is 5.89 Å². The summed E-state index contributed by atoms with van der Waals surface area (Å²) in [6, 6.07) is 28.5. The van der Waals surface area contributed by atoms with Gasteiger partial charge in [0.25, 0.3) is 15.6 Å². The maximum Gasteiger partial charge on any atom is 0.374 e. The number of benzene rings is 4. The fourth-order valence-corrected chi connectivity index (χ4v) is 5.69. The van der Waals surface area contributed by atoms with Crippen LogP contribution in [-0.2, 0) is 17.2 Å². The van der Waals surface area contributed by atoms with Crippen LogP contribution < -0.4 is 14.2 Å². The van der Waals surface area contributed by atoms with E-state index in [1.165, 1.54) is 0 Å². The van der Waals surface area contributed by atoms with Gasteiger partial charge in [-0.2, -0.15) is 13.0 Å². The molecule has 0 spiro atoms. The molecule has 0 unspecified atom stereocenters. The standard InChI is InChI=1S/C33H30N2O5S/c1-3-23(18-32-34(2)28-20-25-12-7-8-13-26(25)22-31(28)40-32)19-33-35(16-9-17-41(36,37)38)29-21-27(14-15-30(29)39-33)24-10-5-4-6-11-24/h4-8,10-15,18-22H,3,9,16-17H2,1-2H3/p+1. The molecular weight excluding hydrogens is 536 g/mol. The molecule has 2 heterocycles. The van der Waals surface area contributed by atoms with Crippen molar-refractivity contribution in [1.82, 2.24) is 0 Å². The molecule has 1 aliphatic heterocycles. The summed E-state index contributed by atoms with van der Waals surface area (Å²) in [6.07, 6.45) is 4.94. The largest absolute Gasteiger partial charge is 0.439 e. The van der Waals surface area contributed by atoms with E-state index >= 15 is 0 Å². The lowest BCUT2D eigenvalue weighted by Crippen LogP contribution is -2.29. The summed E-state index contributed by atoms with van der Waals surface area (Å²) in [5, 5.41) is 2.27. The molecular formula is C33H31N2O5S+. The second-order valence-corrected chi connectivity index (χ2v) is 11.7. The van der Waals surface area contributed by atoms with E-state index in [9.17, 15) is 13.0 Å². The van der Waals surface area contributed by atoms with Crippen molar-refractivity contribution in [2.45, 2.75) is 19.8 Å². The molecule has 8 heteroatoms. The van der Waals surface area contributed by atoms with Gasteiger partial charge in [0.15, 0.2) is 5.75 Å². The quantitative estimate of drug-likeness (QED) is 0.162. The van der Waals surface area contributed by atoms with Crippen molar-refractivity contribution in [3.63, 3.8) is 0 Å². The van der Waals surface area contributed by atoms with Crippen LogP contribution >= 0.6 is 0 Å². The highest BCUT2D eigenvalue weighted by Gasteiger charge is 2.28. The zero-order chi connectivity index (χ0) is 28.6. The van der Waals surface area contributed by atoms with E-state index < -0.39 is 10.1 Å². The van der Waals surface area contributed by atoms with Gasteiger partial charge in [0.1, 0.15) is 7.05 Å². The molecule has 1 aromatic heterocycles. The molecule has 0 radical (unpaired) electrons. The number of allylic oxidation sites excluding steroid dienone is 2. The summed E-state index contributed by atoms with van der Waals surface area (Å²) in [5.41, 5.74) is 5.75. The first-order valence-corrected chi connectivity index (χ1v) is 15.2. The van der Waals surface area contributed by atoms with Crippen LogP contribution in [0.5, 0.6) is 5.75 Å². The fraction of sp³-hybridized carbons (Fsp3) is 0.182. The van der Waals surface area contributed by atoms with E-state index in [0.717, 1.165) is 50.7 Å². The number of hydrogen-bond donors (Lipinski definition) is 1. The van der Waals surface area contributed by atoms with Crippen LogP contribution in [0.15, 0.2) is 107 Å². The summed E-state index contributed by atoms with van der Waals surface area (Å²) < 4.78 is 46.8. The minimum Gasteiger partial charge on any atom is -0.439 e. The molecule has 1 N–H and O–H groups in total. The Morgan fingerprint density at radius 2 is 1.68 bits per heavy atom. The van der Waals surface area contributed by atoms with Crippen molar-refractivity contribution in [3.8, 4) is 16.9 Å². The lowest BCUT2D eigenvalue weighted by atomic mass is 10.0. The number of anilines is 1. The number of nitrogens with zero attached hydrogens (tertiary/aromatic N) is 2. The number of rotatable bonds is 8. The maximum atomic E-state index is 11.5. The molecule has 0 aliphatic carbocycles. The third kappa shape index (κ3) is 5.62. The lowest BCUT2D eigenvalue weighted by Gasteiger charge is -2.19. The van der Waals surface area contributed by atoms with Gasteiger partial charge < -0.3 is 14.1 Å². The Labute approximate surface area is 239 Å². The number of aromatic nitrogens is 1. The van der Waals surface area contributed by atoms with Crippen LogP contribution in [0.2, 0.25) is 0 Å². The molecule has 1 aliphatic rings. The third-order valence-electron chi connectivity index (χ3n) is 7.38. The zero-order valence-electron chi connectivity index (χ0n) is 22.9. The highest BCUT2D eigenvalue weighted by Crippen LogP contribution is 2.42. The number of oxazole rings is 1. The second-order valence-electron chi connectivity index (χ2n) is 10.2. The summed E-state index contributed by atoms with van der Waals surface area (Å²) in [4.78, 5) is 1.97. The third-order valence-corrected chi connectivity index (χ3v) is 8.19. The first-order chi connectivity index (χ1) is 19.8. The van der Waals surface area contributed by atoms with E-state index in [1.807, 2.05) is 83.3 Å². The van der Waals surface area contributed by atoms with Crippen LogP contribution in [0, 0.1) is 0 Å². The number of ether oxygens (including phenoxy) is 1. The normalized spacial score (nSPS) is 14.7. The predicted octanol–water partition coefficient (Wildman–Crippen LogP) is 6.89. The van der Waals surface area contributed by atoms with Crippen molar-refractivity contribution in [1.29, 1.82) is 0 Å². The lowest BCUT2D eigenvalue weighted by molar-refractivity contribution is -0.652. The average molecular weight is 568 g/mol. The van der Waals surface area contributed by atoms with E-state index in [4.69, 9.17) is 9.15 Å². The van der Waals surface area contributed by atoms with Gasteiger partial charge in [0.05, 0.1) is 17.5 Å². The Hall–Kier alpha value is -4.40. The van der Waals surface area contributed by atoms with Gasteiger partial charge in [-0.25, -0.2) is 0 Å². The Balaban J connectivity index is 1.37. The molecule has 0 amide bonds. The van der Waals surface area contributed by atoms with Crippen LogP contribution in [0.25, 0.3) is 39.1 Å². The molecule has 0 saturated carbocycles. The Morgan fingerprint density at radius 1 is 0.951 bits per heavy atom. The molecule has 7 nitrogen and oxygen atoms in total. The first kappa shape index (κ1) is 26.8. The van der Waals surface area contributed by atoms with Gasteiger partial charge in [-0.05, 0) is 58.5 Å². The monoisotopic (exact) mass is 567 g/mol. The summed E-state index contributed by atoms with van der Waals surface area (Å²) in [7, 11) is -2.09. The number of fused-ring (bicyclic) bond motifs is 3. The van der Waals surface area contributed by atoms with Crippen LogP contribution in [0.4, 0.5) is 5.69 Å². The van der Waals surface area contributed by atoms with Gasteiger partial charge in [0.2, 0.25) is 11.5 Å². The van der Waals surface area contributed by atoms with Gasteiger partial charge in [-0.15, -0.1) is 0 Å². The Kier molecular flexibility index (Phi) is 7.11. The molecule has 6 rings (SSSR count). The summed E-state index contributed by atoms with van der Waals surface area (Å²) in [5.74, 6) is 1.67. The average Bonchev–Trinajstić information content (AvgIpc) is 3.46. The molecule has 5 aromatic rings. The summed E-state index contributed by atoms with van der Waals surface area (Å²) >= 11 is 0. The van der Waals surface area contributed by atoms with Gasteiger partial charge in [-0.1, -0.05) is 67.6 Å². The van der Waals surface area contributed by atoms with Crippen LogP contribution in [0.1, 0.15) is 25.7 Å². The minimum absolute atomic E-state index is 0.242. The van der Waals surface area contributed by atoms with Crippen molar-refractivity contribution in [3.05, 3.63) is 108 Å². The SMILES string of the molecule is CCC(/C=C1\Oc2ccc(-c3ccccc3)cc2N1CCCS(=O)(=O)O)=C\c1oc2cc3ccccc3cc2[n+]1C. The van der Waals surface area contributed by atoms with E-state index in [-0.39, 0.29) is 12.2 Å². The van der Waals surface area contributed by atoms with Crippen molar-refractivity contribution in [2.24, 2.45) is 7.05 Å². The molecule has 0 bridgehead atoms. The number of hydrogen-bond acceptors (Lipinski definition) is 5. The van der Waals surface area contributed by atoms with Gasteiger partial charge in [-0.3, -0.25) is 4.55 Å². The first-order valence-electron chi connectivity index (χ1n) is 13.6. The topological polar surface area (TPSA) is 83.9 Å².